The summed E-state index contributed by atoms with van der Waals surface area (Å²) >= 11 is 0. The Kier molecular flexibility index (Phi) is 4.24. The van der Waals surface area contributed by atoms with E-state index in [0.29, 0.717) is 11.6 Å². The van der Waals surface area contributed by atoms with Crippen LogP contribution in [0.2, 0.25) is 0 Å². The second-order valence-electron chi connectivity index (χ2n) is 5.37. The molecule has 0 aliphatic carbocycles. The van der Waals surface area contributed by atoms with E-state index in [2.05, 4.69) is 5.10 Å². The Balaban J connectivity index is 2.03. The van der Waals surface area contributed by atoms with E-state index in [0.717, 1.165) is 38.0 Å². The van der Waals surface area contributed by atoms with Crippen molar-refractivity contribution in [1.29, 1.82) is 0 Å². The summed E-state index contributed by atoms with van der Waals surface area (Å²) in [5, 5.41) is 13.9. The van der Waals surface area contributed by atoms with Gasteiger partial charge in [0.15, 0.2) is 0 Å². The van der Waals surface area contributed by atoms with Crippen LogP contribution in [0.3, 0.4) is 0 Å². The van der Waals surface area contributed by atoms with Crippen molar-refractivity contribution < 1.29 is 9.90 Å². The number of amides is 1. The van der Waals surface area contributed by atoms with Crippen molar-refractivity contribution in [3.8, 4) is 0 Å². The lowest BCUT2D eigenvalue weighted by Gasteiger charge is -2.33. The number of aryl methyl sites for hydroxylation is 2. The largest absolute Gasteiger partial charge is 0.393 e. The molecule has 1 aliphatic rings. The number of carbonyl (C=O) groups excluding carboxylic acids is 1. The van der Waals surface area contributed by atoms with Crippen molar-refractivity contribution in [3.05, 3.63) is 17.5 Å². The number of aliphatic hydroxyl groups excluding tert-OH is 1. The van der Waals surface area contributed by atoms with Gasteiger partial charge in [0.05, 0.1) is 11.8 Å². The molecule has 0 radical (unpaired) electrons. The summed E-state index contributed by atoms with van der Waals surface area (Å²) in [5.74, 6) is 0.375. The average Bonchev–Trinajstić information content (AvgIpc) is 2.79. The van der Waals surface area contributed by atoms with E-state index in [1.165, 1.54) is 0 Å². The maximum Gasteiger partial charge on any atom is 0.272 e. The van der Waals surface area contributed by atoms with Crippen LogP contribution in [0.5, 0.6) is 0 Å². The number of likely N-dealkylation sites (tertiary alicyclic amines) is 1. The smallest absolute Gasteiger partial charge is 0.272 e. The highest BCUT2D eigenvalue weighted by atomic mass is 16.3. The van der Waals surface area contributed by atoms with Crippen molar-refractivity contribution in [2.45, 2.75) is 39.2 Å². The minimum Gasteiger partial charge on any atom is -0.393 e. The van der Waals surface area contributed by atoms with Crippen LogP contribution in [0.1, 0.15) is 42.9 Å². The van der Waals surface area contributed by atoms with Crippen molar-refractivity contribution in [2.75, 3.05) is 13.1 Å². The fraction of sp³-hybridized carbons (Fsp3) is 0.714. The van der Waals surface area contributed by atoms with Gasteiger partial charge in [-0.25, -0.2) is 0 Å². The fourth-order valence-electron chi connectivity index (χ4n) is 2.65. The first kappa shape index (κ1) is 14.1. The van der Waals surface area contributed by atoms with Gasteiger partial charge in [0.25, 0.3) is 5.91 Å². The molecule has 1 N–H and O–H groups in total. The van der Waals surface area contributed by atoms with Crippen molar-refractivity contribution in [1.82, 2.24) is 14.7 Å². The second kappa shape index (κ2) is 5.74. The van der Waals surface area contributed by atoms with Gasteiger partial charge in [-0.15, -0.1) is 0 Å². The topological polar surface area (TPSA) is 58.4 Å². The number of hydrogen-bond acceptors (Lipinski definition) is 3. The number of hydrogen-bond donors (Lipinski definition) is 1. The number of aromatic nitrogens is 2. The molecular formula is C14H23N3O2. The molecule has 1 unspecified atom stereocenters. The van der Waals surface area contributed by atoms with Gasteiger partial charge < -0.3 is 10.0 Å². The lowest BCUT2D eigenvalue weighted by atomic mass is 9.92. The summed E-state index contributed by atoms with van der Waals surface area (Å²) in [6.07, 6.45) is 2.32. The molecule has 0 spiro atoms. The van der Waals surface area contributed by atoms with E-state index >= 15 is 0 Å². The van der Waals surface area contributed by atoms with Crippen molar-refractivity contribution in [2.24, 2.45) is 13.0 Å². The van der Waals surface area contributed by atoms with Gasteiger partial charge in [-0.05, 0) is 38.2 Å². The van der Waals surface area contributed by atoms with E-state index in [1.807, 2.05) is 31.9 Å². The van der Waals surface area contributed by atoms with Gasteiger partial charge in [0, 0.05) is 20.1 Å². The first-order valence-corrected chi connectivity index (χ1v) is 7.03. The van der Waals surface area contributed by atoms with Crippen molar-refractivity contribution in [3.63, 3.8) is 0 Å². The van der Waals surface area contributed by atoms with Crippen LogP contribution < -0.4 is 0 Å². The quantitative estimate of drug-likeness (QED) is 0.894. The molecule has 19 heavy (non-hydrogen) atoms. The Hall–Kier alpha value is -1.36. The van der Waals surface area contributed by atoms with E-state index in [1.54, 1.807) is 4.68 Å². The molecule has 1 aromatic rings. The summed E-state index contributed by atoms with van der Waals surface area (Å²) < 4.78 is 1.67. The first-order valence-electron chi connectivity index (χ1n) is 7.03. The van der Waals surface area contributed by atoms with Gasteiger partial charge in [-0.1, -0.05) is 6.92 Å². The third-order valence-electron chi connectivity index (χ3n) is 4.02. The average molecular weight is 265 g/mol. The van der Waals surface area contributed by atoms with Gasteiger partial charge in [0.2, 0.25) is 0 Å². The lowest BCUT2D eigenvalue weighted by Crippen LogP contribution is -2.41. The molecule has 0 saturated carbocycles. The number of rotatable bonds is 3. The summed E-state index contributed by atoms with van der Waals surface area (Å²) in [6.45, 7) is 5.31. The molecular weight excluding hydrogens is 242 g/mol. The van der Waals surface area contributed by atoms with Crippen LogP contribution in [-0.4, -0.2) is 44.9 Å². The Morgan fingerprint density at radius 1 is 1.53 bits per heavy atom. The molecule has 1 aliphatic heterocycles. The maximum atomic E-state index is 12.4. The fourth-order valence-corrected chi connectivity index (χ4v) is 2.65. The van der Waals surface area contributed by atoms with Crippen LogP contribution >= 0.6 is 0 Å². The third kappa shape index (κ3) is 2.97. The number of aliphatic hydroxyl groups is 1. The lowest BCUT2D eigenvalue weighted by molar-refractivity contribution is 0.0513. The standard InChI is InChI=1S/C14H23N3O2/c1-4-12-9-13(16(3)15-12)14(19)17-7-5-11(6-8-17)10(2)18/h9-11,18H,4-8H2,1-3H3. The van der Waals surface area contributed by atoms with Crippen molar-refractivity contribution >= 4 is 5.91 Å². The molecule has 1 saturated heterocycles. The monoisotopic (exact) mass is 265 g/mol. The summed E-state index contributed by atoms with van der Waals surface area (Å²) in [6, 6.07) is 1.88. The third-order valence-corrected chi connectivity index (χ3v) is 4.02. The molecule has 1 amide bonds. The Bertz CT molecular complexity index is 446. The summed E-state index contributed by atoms with van der Waals surface area (Å²) in [5.41, 5.74) is 1.61. The zero-order valence-electron chi connectivity index (χ0n) is 12.0. The normalized spacial score (nSPS) is 18.6. The zero-order valence-corrected chi connectivity index (χ0v) is 12.0. The molecule has 5 nitrogen and oxygen atoms in total. The molecule has 1 fully saturated rings. The molecule has 106 valence electrons. The second-order valence-corrected chi connectivity index (χ2v) is 5.37. The predicted molar refractivity (Wildman–Crippen MR) is 72.9 cm³/mol. The molecule has 2 heterocycles. The maximum absolute atomic E-state index is 12.4. The highest BCUT2D eigenvalue weighted by Gasteiger charge is 2.27. The SMILES string of the molecule is CCc1cc(C(=O)N2CCC(C(C)O)CC2)n(C)n1. The first-order chi connectivity index (χ1) is 9.02. The van der Waals surface area contributed by atoms with Gasteiger partial charge >= 0.3 is 0 Å². The zero-order chi connectivity index (χ0) is 14.0. The van der Waals surface area contributed by atoms with E-state index in [-0.39, 0.29) is 12.0 Å². The molecule has 1 aromatic heterocycles. The van der Waals surface area contributed by atoms with Gasteiger partial charge in [-0.3, -0.25) is 9.48 Å². The number of nitrogens with zero attached hydrogens (tertiary/aromatic N) is 3. The van der Waals surface area contributed by atoms with Gasteiger partial charge in [0.1, 0.15) is 5.69 Å². The molecule has 2 rings (SSSR count). The van der Waals surface area contributed by atoms with E-state index in [9.17, 15) is 9.90 Å². The minimum atomic E-state index is -0.277. The Morgan fingerprint density at radius 3 is 2.63 bits per heavy atom. The Morgan fingerprint density at radius 2 is 2.16 bits per heavy atom. The van der Waals surface area contributed by atoms with Crippen LogP contribution in [-0.2, 0) is 13.5 Å². The number of piperidine rings is 1. The van der Waals surface area contributed by atoms with E-state index < -0.39 is 0 Å². The predicted octanol–water partition coefficient (Wildman–Crippen LogP) is 1.22. The molecule has 0 bridgehead atoms. The van der Waals surface area contributed by atoms with Gasteiger partial charge in [-0.2, -0.15) is 5.10 Å². The minimum absolute atomic E-state index is 0.0544. The molecule has 0 aromatic carbocycles. The molecule has 1 atom stereocenters. The highest BCUT2D eigenvalue weighted by molar-refractivity contribution is 5.92. The molecule has 5 heteroatoms. The highest BCUT2D eigenvalue weighted by Crippen LogP contribution is 2.22. The number of carbonyl (C=O) groups is 1. The van der Waals surface area contributed by atoms with Crippen LogP contribution in [0.15, 0.2) is 6.07 Å². The van der Waals surface area contributed by atoms with Crippen LogP contribution in [0.25, 0.3) is 0 Å². The van der Waals surface area contributed by atoms with Crippen LogP contribution in [0, 0.1) is 5.92 Å². The van der Waals surface area contributed by atoms with Crippen LogP contribution in [0.4, 0.5) is 0 Å². The summed E-state index contributed by atoms with van der Waals surface area (Å²) in [4.78, 5) is 14.3. The van der Waals surface area contributed by atoms with E-state index in [4.69, 9.17) is 0 Å². The Labute approximate surface area is 114 Å². The summed E-state index contributed by atoms with van der Waals surface area (Å²) in [7, 11) is 1.81.